The lowest BCUT2D eigenvalue weighted by Gasteiger charge is -2.00. The molecule has 4 aromatic heterocycles. The molecule has 0 spiro atoms. The Kier molecular flexibility index (Phi) is 4.49. The number of aromatic amines is 1. The van der Waals surface area contributed by atoms with Gasteiger partial charge in [-0.3, -0.25) is 4.79 Å². The van der Waals surface area contributed by atoms with E-state index in [0.29, 0.717) is 32.7 Å². The third kappa shape index (κ3) is 3.47. The van der Waals surface area contributed by atoms with Crippen molar-refractivity contribution in [2.24, 2.45) is 0 Å². The standard InChI is InChI=1S/C19H14N6O2S2/c1-27-12-5-3-11(4-6-12)14-9-13-16(29-14)17(26)22-15(21-13)10-28-19-23-18-20-7-2-8-25(18)24-19/h2-9H,10H2,1H3,(H,21,22,26). The Morgan fingerprint density at radius 2 is 2.10 bits per heavy atom. The number of ether oxygens (including phenoxy) is 1. The molecular formula is C19H14N6O2S2. The van der Waals surface area contributed by atoms with E-state index in [2.05, 4.69) is 25.0 Å². The summed E-state index contributed by atoms with van der Waals surface area (Å²) in [6.45, 7) is 0. The fraction of sp³-hybridized carbons (Fsp3) is 0.105. The fourth-order valence-corrected chi connectivity index (χ4v) is 4.55. The largest absolute Gasteiger partial charge is 0.497 e. The maximum Gasteiger partial charge on any atom is 0.268 e. The molecule has 0 saturated carbocycles. The van der Waals surface area contributed by atoms with E-state index < -0.39 is 0 Å². The number of thiophene rings is 1. The number of aromatic nitrogens is 6. The van der Waals surface area contributed by atoms with E-state index in [4.69, 9.17) is 4.74 Å². The highest BCUT2D eigenvalue weighted by Gasteiger charge is 2.12. The first-order chi connectivity index (χ1) is 14.2. The Hall–Kier alpha value is -3.24. The highest BCUT2D eigenvalue weighted by molar-refractivity contribution is 7.98. The summed E-state index contributed by atoms with van der Waals surface area (Å²) < 4.78 is 7.42. The highest BCUT2D eigenvalue weighted by atomic mass is 32.2. The zero-order valence-corrected chi connectivity index (χ0v) is 16.8. The second-order valence-corrected chi connectivity index (χ2v) is 8.11. The van der Waals surface area contributed by atoms with E-state index >= 15 is 0 Å². The van der Waals surface area contributed by atoms with Crippen LogP contribution in [0.2, 0.25) is 0 Å². The molecule has 5 aromatic rings. The molecular weight excluding hydrogens is 408 g/mol. The number of benzene rings is 1. The van der Waals surface area contributed by atoms with Crippen LogP contribution in [0, 0.1) is 0 Å². The van der Waals surface area contributed by atoms with Crippen molar-refractivity contribution in [1.82, 2.24) is 29.5 Å². The van der Waals surface area contributed by atoms with Crippen molar-refractivity contribution in [1.29, 1.82) is 0 Å². The molecule has 0 fully saturated rings. The quantitative estimate of drug-likeness (QED) is 0.434. The summed E-state index contributed by atoms with van der Waals surface area (Å²) >= 11 is 2.82. The minimum atomic E-state index is -0.139. The molecule has 0 saturated heterocycles. The molecule has 0 atom stereocenters. The predicted molar refractivity (Wildman–Crippen MR) is 113 cm³/mol. The minimum absolute atomic E-state index is 0.139. The number of hydrogen-bond acceptors (Lipinski definition) is 8. The average molecular weight is 422 g/mol. The maximum atomic E-state index is 12.5. The number of H-pyrrole nitrogens is 1. The molecule has 0 aliphatic rings. The molecule has 1 N–H and O–H groups in total. The lowest BCUT2D eigenvalue weighted by molar-refractivity contribution is 0.415. The van der Waals surface area contributed by atoms with E-state index in [1.54, 1.807) is 30.1 Å². The first kappa shape index (κ1) is 17.8. The highest BCUT2D eigenvalue weighted by Crippen LogP contribution is 2.32. The Morgan fingerprint density at radius 3 is 2.90 bits per heavy atom. The van der Waals surface area contributed by atoms with Crippen molar-refractivity contribution in [2.75, 3.05) is 7.11 Å². The van der Waals surface area contributed by atoms with Crippen molar-refractivity contribution in [2.45, 2.75) is 10.9 Å². The molecule has 0 aliphatic heterocycles. The number of nitrogens with zero attached hydrogens (tertiary/aromatic N) is 5. The summed E-state index contributed by atoms with van der Waals surface area (Å²) in [4.78, 5) is 29.5. The zero-order valence-electron chi connectivity index (χ0n) is 15.2. The van der Waals surface area contributed by atoms with E-state index in [9.17, 15) is 4.79 Å². The van der Waals surface area contributed by atoms with Crippen molar-refractivity contribution in [3.63, 3.8) is 0 Å². The molecule has 0 unspecified atom stereocenters. The Labute approximate surface area is 172 Å². The molecule has 0 bridgehead atoms. The topological polar surface area (TPSA) is 98.1 Å². The van der Waals surface area contributed by atoms with Gasteiger partial charge in [0.15, 0.2) is 0 Å². The van der Waals surface area contributed by atoms with Crippen LogP contribution < -0.4 is 10.3 Å². The molecule has 0 amide bonds. The number of nitrogens with one attached hydrogen (secondary N) is 1. The predicted octanol–water partition coefficient (Wildman–Crippen LogP) is 3.39. The van der Waals surface area contributed by atoms with Gasteiger partial charge in [-0.25, -0.2) is 14.5 Å². The molecule has 0 radical (unpaired) electrons. The number of thioether (sulfide) groups is 1. The number of hydrogen-bond donors (Lipinski definition) is 1. The maximum absolute atomic E-state index is 12.5. The van der Waals surface area contributed by atoms with Gasteiger partial charge in [-0.15, -0.1) is 16.4 Å². The second kappa shape index (κ2) is 7.30. The number of rotatable bonds is 5. The summed E-state index contributed by atoms with van der Waals surface area (Å²) in [6.07, 6.45) is 3.46. The molecule has 0 aliphatic carbocycles. The molecule has 144 valence electrons. The van der Waals surface area contributed by atoms with Gasteiger partial charge >= 0.3 is 0 Å². The molecule has 10 heteroatoms. The van der Waals surface area contributed by atoms with Crippen LogP contribution in [0.4, 0.5) is 0 Å². The van der Waals surface area contributed by atoms with Gasteiger partial charge in [0.25, 0.3) is 11.3 Å². The smallest absolute Gasteiger partial charge is 0.268 e. The Balaban J connectivity index is 1.42. The number of methoxy groups -OCH3 is 1. The first-order valence-electron chi connectivity index (χ1n) is 8.67. The summed E-state index contributed by atoms with van der Waals surface area (Å²) in [6, 6.07) is 11.5. The molecule has 5 rings (SSSR count). The first-order valence-corrected chi connectivity index (χ1v) is 10.5. The molecule has 29 heavy (non-hydrogen) atoms. The van der Waals surface area contributed by atoms with Gasteiger partial charge in [0.2, 0.25) is 5.16 Å². The van der Waals surface area contributed by atoms with E-state index in [1.807, 2.05) is 30.3 Å². The fourth-order valence-electron chi connectivity index (χ4n) is 2.86. The monoisotopic (exact) mass is 422 g/mol. The van der Waals surface area contributed by atoms with Crippen molar-refractivity contribution < 1.29 is 4.74 Å². The van der Waals surface area contributed by atoms with Gasteiger partial charge in [0.05, 0.1) is 18.4 Å². The summed E-state index contributed by atoms with van der Waals surface area (Å²) in [5.74, 6) is 2.36. The Morgan fingerprint density at radius 1 is 1.24 bits per heavy atom. The van der Waals surface area contributed by atoms with Crippen LogP contribution in [0.1, 0.15) is 5.82 Å². The second-order valence-electron chi connectivity index (χ2n) is 6.11. The van der Waals surface area contributed by atoms with Crippen LogP contribution in [0.3, 0.4) is 0 Å². The van der Waals surface area contributed by atoms with E-state index in [1.165, 1.54) is 23.1 Å². The van der Waals surface area contributed by atoms with Crippen LogP contribution in [0.25, 0.3) is 26.4 Å². The third-order valence-corrected chi connectivity index (χ3v) is 6.26. The van der Waals surface area contributed by atoms with Gasteiger partial charge in [0, 0.05) is 17.3 Å². The van der Waals surface area contributed by atoms with Crippen molar-refractivity contribution >= 4 is 39.1 Å². The zero-order chi connectivity index (χ0) is 19.8. The van der Waals surface area contributed by atoms with Crippen LogP contribution >= 0.6 is 23.1 Å². The van der Waals surface area contributed by atoms with E-state index in [-0.39, 0.29) is 5.56 Å². The van der Waals surface area contributed by atoms with Crippen LogP contribution in [-0.4, -0.2) is 36.7 Å². The SMILES string of the molecule is COc1ccc(-c2cc3nc(CSc4nc5ncccn5n4)[nH]c(=O)c3s2)cc1. The van der Waals surface area contributed by atoms with Gasteiger partial charge in [0.1, 0.15) is 16.3 Å². The molecule has 8 nitrogen and oxygen atoms in total. The van der Waals surface area contributed by atoms with Crippen LogP contribution in [0.15, 0.2) is 58.7 Å². The summed E-state index contributed by atoms with van der Waals surface area (Å²) in [7, 11) is 1.63. The van der Waals surface area contributed by atoms with Gasteiger partial charge < -0.3 is 9.72 Å². The summed E-state index contributed by atoms with van der Waals surface area (Å²) in [5, 5.41) is 4.93. The van der Waals surface area contributed by atoms with Crippen molar-refractivity contribution in [3.8, 4) is 16.2 Å². The average Bonchev–Trinajstić information content (AvgIpc) is 3.36. The molecule has 1 aromatic carbocycles. The third-order valence-electron chi connectivity index (χ3n) is 4.24. The van der Waals surface area contributed by atoms with Crippen LogP contribution in [-0.2, 0) is 5.75 Å². The lowest BCUT2D eigenvalue weighted by atomic mass is 10.2. The van der Waals surface area contributed by atoms with Gasteiger partial charge in [-0.1, -0.05) is 11.8 Å². The van der Waals surface area contributed by atoms with E-state index in [0.717, 1.165) is 16.2 Å². The minimum Gasteiger partial charge on any atom is -0.497 e. The number of fused-ring (bicyclic) bond motifs is 2. The lowest BCUT2D eigenvalue weighted by Crippen LogP contribution is -2.09. The normalized spacial score (nSPS) is 11.3. The van der Waals surface area contributed by atoms with Gasteiger partial charge in [-0.05, 0) is 42.0 Å². The Bertz CT molecular complexity index is 1340. The van der Waals surface area contributed by atoms with Crippen molar-refractivity contribution in [3.05, 3.63) is 65.0 Å². The summed E-state index contributed by atoms with van der Waals surface area (Å²) in [5.41, 5.74) is 1.57. The van der Waals surface area contributed by atoms with Crippen LogP contribution in [0.5, 0.6) is 5.75 Å². The van der Waals surface area contributed by atoms with Gasteiger partial charge in [-0.2, -0.15) is 4.98 Å². The molecule has 4 heterocycles.